The molecule has 0 bridgehead atoms. The van der Waals surface area contributed by atoms with Crippen LogP contribution in [0, 0.1) is 5.82 Å². The third-order valence-corrected chi connectivity index (χ3v) is 3.00. The lowest BCUT2D eigenvalue weighted by Crippen LogP contribution is -2.39. The van der Waals surface area contributed by atoms with E-state index >= 15 is 0 Å². The first-order valence-corrected chi connectivity index (χ1v) is 5.79. The van der Waals surface area contributed by atoms with E-state index in [-0.39, 0.29) is 23.3 Å². The van der Waals surface area contributed by atoms with Gasteiger partial charge in [0.15, 0.2) is 0 Å². The number of hydrogen-bond donors (Lipinski definition) is 2. The molecule has 0 heterocycles. The number of nitrogens with two attached hydrogens (primary N) is 1. The summed E-state index contributed by atoms with van der Waals surface area (Å²) in [6.07, 6.45) is 0. The van der Waals surface area contributed by atoms with Crippen LogP contribution in [0.3, 0.4) is 0 Å². The maximum absolute atomic E-state index is 13.3. The molecule has 0 saturated heterocycles. The Morgan fingerprint density at radius 1 is 1.39 bits per heavy atom. The molecule has 18 heavy (non-hydrogen) atoms. The van der Waals surface area contributed by atoms with Crippen LogP contribution in [0.15, 0.2) is 12.1 Å². The minimum Gasteiger partial charge on any atom is -0.348 e. The van der Waals surface area contributed by atoms with E-state index in [0.717, 1.165) is 0 Å². The zero-order chi connectivity index (χ0) is 13.2. The van der Waals surface area contributed by atoms with E-state index in [1.54, 1.807) is 13.8 Å². The molecule has 0 aromatic heterocycles. The summed E-state index contributed by atoms with van der Waals surface area (Å²) in [5.41, 5.74) is 5.77. The van der Waals surface area contributed by atoms with Crippen LogP contribution >= 0.6 is 35.6 Å². The highest BCUT2D eigenvalue weighted by Gasteiger charge is 2.19. The Bertz CT molecular complexity index is 441. The van der Waals surface area contributed by atoms with E-state index in [1.165, 1.54) is 12.1 Å². The standard InChI is InChI=1S/C11H13Cl2FN2O.ClH/c1-5(15)11(17)16-6(2)9-7(12)3-4-8(14)10(9)13;/h3-6H,15H2,1-2H3,(H,16,17);1H/t5-,6?;/m0./s1. The molecule has 2 atom stereocenters. The zero-order valence-corrected chi connectivity index (χ0v) is 12.2. The molecule has 1 amide bonds. The highest BCUT2D eigenvalue weighted by molar-refractivity contribution is 6.36. The summed E-state index contributed by atoms with van der Waals surface area (Å²) in [7, 11) is 0. The first-order valence-electron chi connectivity index (χ1n) is 5.04. The molecule has 3 N–H and O–H groups in total. The van der Waals surface area contributed by atoms with Crippen LogP contribution in [-0.2, 0) is 4.79 Å². The largest absolute Gasteiger partial charge is 0.348 e. The summed E-state index contributed by atoms with van der Waals surface area (Å²) in [5, 5.41) is 2.82. The fourth-order valence-corrected chi connectivity index (χ4v) is 2.05. The van der Waals surface area contributed by atoms with E-state index in [1.807, 2.05) is 0 Å². The highest BCUT2D eigenvalue weighted by atomic mass is 35.5. The van der Waals surface area contributed by atoms with Gasteiger partial charge in [-0.25, -0.2) is 4.39 Å². The van der Waals surface area contributed by atoms with Gasteiger partial charge >= 0.3 is 0 Å². The molecule has 0 saturated carbocycles. The van der Waals surface area contributed by atoms with Crippen molar-refractivity contribution in [1.82, 2.24) is 5.32 Å². The SMILES string of the molecule is CC(NC(=O)[C@H](C)N)c1c(Cl)ccc(F)c1Cl.Cl. The van der Waals surface area contributed by atoms with Gasteiger partial charge in [-0.15, -0.1) is 12.4 Å². The number of carbonyl (C=O) groups is 1. The van der Waals surface area contributed by atoms with Crippen molar-refractivity contribution in [2.75, 3.05) is 0 Å². The summed E-state index contributed by atoms with van der Waals surface area (Å²) in [4.78, 5) is 11.4. The minimum absolute atomic E-state index is 0. The van der Waals surface area contributed by atoms with Gasteiger partial charge in [0.25, 0.3) is 0 Å². The number of hydrogen-bond acceptors (Lipinski definition) is 2. The van der Waals surface area contributed by atoms with E-state index in [4.69, 9.17) is 28.9 Å². The van der Waals surface area contributed by atoms with Crippen molar-refractivity contribution >= 4 is 41.5 Å². The Kier molecular flexibility index (Phi) is 6.92. The number of amides is 1. The molecule has 1 rings (SSSR count). The van der Waals surface area contributed by atoms with Gasteiger partial charge in [0.1, 0.15) is 5.82 Å². The van der Waals surface area contributed by atoms with Gasteiger partial charge in [-0.3, -0.25) is 4.79 Å². The molecular weight excluding hydrogens is 301 g/mol. The van der Waals surface area contributed by atoms with Crippen LogP contribution in [0.25, 0.3) is 0 Å². The monoisotopic (exact) mass is 314 g/mol. The second kappa shape index (κ2) is 7.14. The molecule has 0 spiro atoms. The molecule has 1 aromatic carbocycles. The molecule has 7 heteroatoms. The number of benzene rings is 1. The number of carbonyl (C=O) groups excluding carboxylic acids is 1. The first kappa shape index (κ1) is 17.4. The van der Waals surface area contributed by atoms with Crippen molar-refractivity contribution in [3.05, 3.63) is 33.6 Å². The van der Waals surface area contributed by atoms with Gasteiger partial charge in [0.2, 0.25) is 5.91 Å². The van der Waals surface area contributed by atoms with Crippen LogP contribution in [0.2, 0.25) is 10.0 Å². The average molecular weight is 316 g/mol. The molecule has 0 radical (unpaired) electrons. The molecule has 1 unspecified atom stereocenters. The van der Waals surface area contributed by atoms with Gasteiger partial charge in [-0.1, -0.05) is 23.2 Å². The van der Waals surface area contributed by atoms with E-state index in [2.05, 4.69) is 5.32 Å². The van der Waals surface area contributed by atoms with Gasteiger partial charge in [-0.2, -0.15) is 0 Å². The van der Waals surface area contributed by atoms with Crippen molar-refractivity contribution < 1.29 is 9.18 Å². The van der Waals surface area contributed by atoms with Crippen molar-refractivity contribution in [3.63, 3.8) is 0 Å². The molecule has 0 aliphatic heterocycles. The Morgan fingerprint density at radius 3 is 2.44 bits per heavy atom. The third-order valence-electron chi connectivity index (χ3n) is 2.28. The highest BCUT2D eigenvalue weighted by Crippen LogP contribution is 2.32. The van der Waals surface area contributed by atoms with Crippen LogP contribution in [-0.4, -0.2) is 11.9 Å². The maximum Gasteiger partial charge on any atom is 0.237 e. The Balaban J connectivity index is 0.00000289. The third kappa shape index (κ3) is 3.99. The van der Waals surface area contributed by atoms with Crippen LogP contribution in [0.5, 0.6) is 0 Å². The molecule has 1 aromatic rings. The first-order chi connectivity index (χ1) is 7.84. The Morgan fingerprint density at radius 2 is 1.94 bits per heavy atom. The molecule has 0 aliphatic carbocycles. The van der Waals surface area contributed by atoms with Crippen molar-refractivity contribution in [3.8, 4) is 0 Å². The van der Waals surface area contributed by atoms with Crippen LogP contribution in [0.1, 0.15) is 25.5 Å². The van der Waals surface area contributed by atoms with Gasteiger partial charge in [-0.05, 0) is 26.0 Å². The molecule has 0 fully saturated rings. The lowest BCUT2D eigenvalue weighted by atomic mass is 10.1. The predicted octanol–water partition coefficient (Wildman–Crippen LogP) is 3.08. The number of rotatable bonds is 3. The summed E-state index contributed by atoms with van der Waals surface area (Å²) in [6.45, 7) is 3.21. The van der Waals surface area contributed by atoms with Crippen molar-refractivity contribution in [2.45, 2.75) is 25.9 Å². The summed E-state index contributed by atoms with van der Waals surface area (Å²) >= 11 is 11.7. The second-order valence-corrected chi connectivity index (χ2v) is 4.56. The van der Waals surface area contributed by atoms with Gasteiger partial charge in [0.05, 0.1) is 17.1 Å². The maximum atomic E-state index is 13.3. The predicted molar refractivity (Wildman–Crippen MR) is 73.9 cm³/mol. The van der Waals surface area contributed by atoms with E-state index < -0.39 is 17.9 Å². The van der Waals surface area contributed by atoms with E-state index in [9.17, 15) is 9.18 Å². The summed E-state index contributed by atoms with van der Waals surface area (Å²) in [6, 6.07) is 1.41. The minimum atomic E-state index is -0.649. The molecule has 3 nitrogen and oxygen atoms in total. The van der Waals surface area contributed by atoms with Crippen molar-refractivity contribution in [2.24, 2.45) is 5.73 Å². The van der Waals surface area contributed by atoms with Crippen molar-refractivity contribution in [1.29, 1.82) is 0 Å². The topological polar surface area (TPSA) is 55.1 Å². The number of halogens is 4. The lowest BCUT2D eigenvalue weighted by Gasteiger charge is -2.18. The zero-order valence-electron chi connectivity index (χ0n) is 9.84. The Hall–Kier alpha value is -0.550. The molecular formula is C11H14Cl3FN2O. The smallest absolute Gasteiger partial charge is 0.237 e. The fraction of sp³-hybridized carbons (Fsp3) is 0.364. The average Bonchev–Trinajstić information content (AvgIpc) is 2.24. The van der Waals surface area contributed by atoms with E-state index in [0.29, 0.717) is 10.6 Å². The summed E-state index contributed by atoms with van der Waals surface area (Å²) in [5.74, 6) is -0.929. The summed E-state index contributed by atoms with van der Waals surface area (Å²) < 4.78 is 13.3. The normalized spacial score (nSPS) is 13.4. The number of nitrogens with one attached hydrogen (secondary N) is 1. The van der Waals surface area contributed by atoms with Crippen LogP contribution < -0.4 is 11.1 Å². The second-order valence-electron chi connectivity index (χ2n) is 3.78. The fourth-order valence-electron chi connectivity index (χ4n) is 1.36. The van der Waals surface area contributed by atoms with Gasteiger partial charge in [0, 0.05) is 10.6 Å². The lowest BCUT2D eigenvalue weighted by molar-refractivity contribution is -0.122. The Labute approximate surface area is 121 Å². The molecule has 0 aliphatic rings. The van der Waals surface area contributed by atoms with Gasteiger partial charge < -0.3 is 11.1 Å². The molecule has 102 valence electrons. The van der Waals surface area contributed by atoms with Crippen LogP contribution in [0.4, 0.5) is 4.39 Å². The quantitative estimate of drug-likeness (QED) is 0.842.